The second-order valence-electron chi connectivity index (χ2n) is 6.02. The molecule has 0 aliphatic carbocycles. The number of para-hydroxylation sites is 1. The lowest BCUT2D eigenvalue weighted by atomic mass is 9.98. The van der Waals surface area contributed by atoms with Gasteiger partial charge in [0.15, 0.2) is 0 Å². The monoisotopic (exact) mass is 372 g/mol. The Morgan fingerprint density at radius 2 is 1.96 bits per heavy atom. The summed E-state index contributed by atoms with van der Waals surface area (Å²) >= 11 is 0. The molecule has 1 amide bonds. The molecule has 27 heavy (non-hydrogen) atoms. The Bertz CT molecular complexity index is 865. The maximum Gasteiger partial charge on any atom is 0.308 e. The summed E-state index contributed by atoms with van der Waals surface area (Å²) in [6.07, 6.45) is 0.193. The van der Waals surface area contributed by atoms with Crippen molar-refractivity contribution < 1.29 is 24.4 Å². The van der Waals surface area contributed by atoms with Gasteiger partial charge in [-0.25, -0.2) is 0 Å². The number of aliphatic carboxylic acids is 1. The highest BCUT2D eigenvalue weighted by atomic mass is 16.6. The van der Waals surface area contributed by atoms with Gasteiger partial charge in [0.2, 0.25) is 0 Å². The van der Waals surface area contributed by atoms with Crippen LogP contribution >= 0.6 is 0 Å². The Balaban J connectivity index is 2.07. The number of nitro benzene ring substituents is 1. The Morgan fingerprint density at radius 1 is 1.26 bits per heavy atom. The fourth-order valence-electron chi connectivity index (χ4n) is 2.70. The van der Waals surface area contributed by atoms with Gasteiger partial charge >= 0.3 is 5.97 Å². The van der Waals surface area contributed by atoms with E-state index in [0.717, 1.165) is 5.56 Å². The number of benzene rings is 2. The number of carbonyl (C=O) groups is 2. The van der Waals surface area contributed by atoms with Gasteiger partial charge < -0.3 is 15.2 Å². The van der Waals surface area contributed by atoms with E-state index >= 15 is 0 Å². The highest BCUT2D eigenvalue weighted by Crippen LogP contribution is 2.21. The van der Waals surface area contributed by atoms with Crippen molar-refractivity contribution in [1.29, 1.82) is 0 Å². The minimum Gasteiger partial charge on any atom is -0.496 e. The first-order chi connectivity index (χ1) is 12.8. The van der Waals surface area contributed by atoms with E-state index in [4.69, 9.17) is 4.74 Å². The summed E-state index contributed by atoms with van der Waals surface area (Å²) in [5.74, 6) is -1.79. The Labute approximate surface area is 155 Å². The van der Waals surface area contributed by atoms with Gasteiger partial charge in [0, 0.05) is 23.7 Å². The number of nitro groups is 1. The van der Waals surface area contributed by atoms with Crippen LogP contribution in [0.25, 0.3) is 0 Å². The quantitative estimate of drug-likeness (QED) is 0.543. The van der Waals surface area contributed by atoms with E-state index in [0.29, 0.717) is 11.3 Å². The third-order valence-corrected chi connectivity index (χ3v) is 4.17. The molecule has 0 heterocycles. The number of methoxy groups -OCH3 is 1. The lowest BCUT2D eigenvalue weighted by molar-refractivity contribution is -0.385. The second-order valence-corrected chi connectivity index (χ2v) is 6.02. The van der Waals surface area contributed by atoms with Crippen LogP contribution in [0.1, 0.15) is 21.5 Å². The normalized spacial score (nSPS) is 11.5. The minimum atomic E-state index is -1.04. The molecule has 0 aliphatic heterocycles. The number of rotatable bonds is 8. The molecule has 2 rings (SSSR count). The molecule has 0 aromatic heterocycles. The van der Waals surface area contributed by atoms with Gasteiger partial charge in [0.25, 0.3) is 11.6 Å². The van der Waals surface area contributed by atoms with Crippen molar-refractivity contribution in [3.05, 3.63) is 69.3 Å². The van der Waals surface area contributed by atoms with Crippen molar-refractivity contribution in [1.82, 2.24) is 5.32 Å². The number of aryl methyl sites for hydroxylation is 1. The highest BCUT2D eigenvalue weighted by molar-refractivity contribution is 5.95. The predicted octanol–water partition coefficient (Wildman–Crippen LogP) is 2.59. The summed E-state index contributed by atoms with van der Waals surface area (Å²) in [7, 11) is 1.51. The number of carboxylic acid groups (broad SMARTS) is 1. The van der Waals surface area contributed by atoms with E-state index in [-0.39, 0.29) is 24.2 Å². The van der Waals surface area contributed by atoms with E-state index in [1.807, 2.05) is 0 Å². The highest BCUT2D eigenvalue weighted by Gasteiger charge is 2.21. The zero-order chi connectivity index (χ0) is 20.0. The molecule has 142 valence electrons. The largest absolute Gasteiger partial charge is 0.496 e. The number of carbonyl (C=O) groups excluding carboxylic acids is 1. The topological polar surface area (TPSA) is 119 Å². The van der Waals surface area contributed by atoms with Crippen molar-refractivity contribution in [2.24, 2.45) is 5.92 Å². The molecule has 0 saturated carbocycles. The van der Waals surface area contributed by atoms with Gasteiger partial charge in [0.05, 0.1) is 18.0 Å². The number of amides is 1. The Kier molecular flexibility index (Phi) is 6.48. The molecule has 8 heteroatoms. The van der Waals surface area contributed by atoms with Crippen LogP contribution in [-0.2, 0) is 11.2 Å². The molecule has 0 bridgehead atoms. The fraction of sp³-hybridized carbons (Fsp3) is 0.263. The molecule has 2 N–H and O–H groups in total. The van der Waals surface area contributed by atoms with E-state index in [2.05, 4.69) is 5.32 Å². The zero-order valence-electron chi connectivity index (χ0n) is 15.0. The number of nitrogens with one attached hydrogen (secondary N) is 1. The first-order valence-corrected chi connectivity index (χ1v) is 8.21. The van der Waals surface area contributed by atoms with Crippen molar-refractivity contribution in [3.8, 4) is 5.75 Å². The first kappa shape index (κ1) is 19.9. The van der Waals surface area contributed by atoms with Crippen molar-refractivity contribution in [3.63, 3.8) is 0 Å². The van der Waals surface area contributed by atoms with Crippen LogP contribution < -0.4 is 10.1 Å². The standard InChI is InChI=1S/C19H20N2O6/c1-12-9-14(7-8-16(12)21(25)26)18(22)20-11-15(19(23)24)10-13-5-3-4-6-17(13)27-2/h3-9,15H,10-11H2,1-2H3,(H,20,22)(H,23,24). The maximum atomic E-state index is 12.3. The third-order valence-electron chi connectivity index (χ3n) is 4.17. The van der Waals surface area contributed by atoms with Crippen LogP contribution in [0.3, 0.4) is 0 Å². The second kappa shape index (κ2) is 8.79. The van der Waals surface area contributed by atoms with Gasteiger partial charge in [0.1, 0.15) is 5.75 Å². The number of hydrogen-bond acceptors (Lipinski definition) is 5. The number of nitrogens with zero attached hydrogens (tertiary/aromatic N) is 1. The fourth-order valence-corrected chi connectivity index (χ4v) is 2.70. The smallest absolute Gasteiger partial charge is 0.308 e. The molecule has 0 saturated heterocycles. The third kappa shape index (κ3) is 5.04. The van der Waals surface area contributed by atoms with Crippen LogP contribution in [0.15, 0.2) is 42.5 Å². The van der Waals surface area contributed by atoms with Gasteiger partial charge in [-0.2, -0.15) is 0 Å². The summed E-state index contributed by atoms with van der Waals surface area (Å²) in [5.41, 5.74) is 1.25. The molecular weight excluding hydrogens is 352 g/mol. The van der Waals surface area contributed by atoms with Crippen LogP contribution in [0.2, 0.25) is 0 Å². The molecule has 0 radical (unpaired) electrons. The molecule has 1 atom stereocenters. The van der Waals surface area contributed by atoms with Crippen molar-refractivity contribution in [2.45, 2.75) is 13.3 Å². The van der Waals surface area contributed by atoms with Crippen LogP contribution in [-0.4, -0.2) is 35.6 Å². The van der Waals surface area contributed by atoms with Gasteiger partial charge in [-0.1, -0.05) is 18.2 Å². The van der Waals surface area contributed by atoms with E-state index < -0.39 is 22.7 Å². The molecule has 2 aromatic rings. The van der Waals surface area contributed by atoms with Crippen LogP contribution in [0.5, 0.6) is 5.75 Å². The van der Waals surface area contributed by atoms with Gasteiger partial charge in [-0.3, -0.25) is 19.7 Å². The average Bonchev–Trinajstić information content (AvgIpc) is 2.64. The molecule has 1 unspecified atom stereocenters. The Morgan fingerprint density at radius 3 is 2.56 bits per heavy atom. The SMILES string of the molecule is COc1ccccc1CC(CNC(=O)c1ccc([N+](=O)[O-])c(C)c1)C(=O)O. The Hall–Kier alpha value is -3.42. The van der Waals surface area contributed by atoms with Crippen LogP contribution in [0, 0.1) is 23.0 Å². The summed E-state index contributed by atoms with van der Waals surface area (Å²) in [6, 6.07) is 11.1. The molecule has 0 spiro atoms. The maximum absolute atomic E-state index is 12.3. The summed E-state index contributed by atoms with van der Waals surface area (Å²) in [4.78, 5) is 34.2. The molecule has 2 aromatic carbocycles. The van der Waals surface area contributed by atoms with E-state index in [1.54, 1.807) is 24.3 Å². The van der Waals surface area contributed by atoms with Crippen LogP contribution in [0.4, 0.5) is 5.69 Å². The number of ether oxygens (including phenoxy) is 1. The summed E-state index contributed by atoms with van der Waals surface area (Å²) in [6.45, 7) is 1.46. The lowest BCUT2D eigenvalue weighted by Gasteiger charge is -2.15. The van der Waals surface area contributed by atoms with E-state index in [9.17, 15) is 24.8 Å². The van der Waals surface area contributed by atoms with Gasteiger partial charge in [-0.05, 0) is 37.1 Å². The summed E-state index contributed by atoms with van der Waals surface area (Å²) < 4.78 is 5.23. The average molecular weight is 372 g/mol. The molecular formula is C19H20N2O6. The van der Waals surface area contributed by atoms with Crippen molar-refractivity contribution in [2.75, 3.05) is 13.7 Å². The predicted molar refractivity (Wildman–Crippen MR) is 98.0 cm³/mol. The van der Waals surface area contributed by atoms with Crippen molar-refractivity contribution >= 4 is 17.6 Å². The molecule has 8 nitrogen and oxygen atoms in total. The number of hydrogen-bond donors (Lipinski definition) is 2. The summed E-state index contributed by atoms with van der Waals surface area (Å²) in [5, 5.41) is 22.9. The van der Waals surface area contributed by atoms with E-state index in [1.165, 1.54) is 32.2 Å². The zero-order valence-corrected chi connectivity index (χ0v) is 15.0. The first-order valence-electron chi connectivity index (χ1n) is 8.21. The lowest BCUT2D eigenvalue weighted by Crippen LogP contribution is -2.34. The molecule has 0 fully saturated rings. The molecule has 0 aliphatic rings. The minimum absolute atomic E-state index is 0.0777. The number of carboxylic acids is 1. The van der Waals surface area contributed by atoms with Gasteiger partial charge in [-0.15, -0.1) is 0 Å².